The molecule has 1 aliphatic rings. The minimum atomic E-state index is -0.517. The summed E-state index contributed by atoms with van der Waals surface area (Å²) in [7, 11) is 0. The van der Waals surface area contributed by atoms with Crippen molar-refractivity contribution in [3.8, 4) is 0 Å². The number of rotatable bonds is 1. The van der Waals surface area contributed by atoms with Gasteiger partial charge in [-0.15, -0.1) is 5.10 Å². The fourth-order valence-corrected chi connectivity index (χ4v) is 2.50. The molecule has 0 atom stereocenters. The Kier molecular flexibility index (Phi) is 2.92. The first-order valence-electron chi connectivity index (χ1n) is 5.35. The summed E-state index contributed by atoms with van der Waals surface area (Å²) in [5, 5.41) is 7.21. The molecule has 3 rings (SSSR count). The van der Waals surface area contributed by atoms with Crippen LogP contribution < -0.4 is 10.2 Å². The number of halogens is 1. The zero-order valence-corrected chi connectivity index (χ0v) is 11.0. The zero-order chi connectivity index (χ0) is 13.4. The van der Waals surface area contributed by atoms with Crippen LogP contribution in [-0.2, 0) is 11.2 Å². The predicted molar refractivity (Wildman–Crippen MR) is 71.6 cm³/mol. The van der Waals surface area contributed by atoms with E-state index >= 15 is 0 Å². The molecule has 1 aromatic heterocycles. The summed E-state index contributed by atoms with van der Waals surface area (Å²) in [4.78, 5) is 25.1. The number of fused-ring (bicyclic) bond motifs is 1. The number of nitrogens with zero attached hydrogens (tertiary/aromatic N) is 3. The summed E-state index contributed by atoms with van der Waals surface area (Å²) < 4.78 is 3.63. The smallest absolute Gasteiger partial charge is 0.296 e. The molecule has 6 nitrogen and oxygen atoms in total. The van der Waals surface area contributed by atoms with Crippen LogP contribution in [-0.4, -0.2) is 21.5 Å². The van der Waals surface area contributed by atoms with Gasteiger partial charge in [-0.1, -0.05) is 16.1 Å². The number of anilines is 2. The Labute approximate surface area is 117 Å². The maximum atomic E-state index is 12.1. The van der Waals surface area contributed by atoms with Gasteiger partial charge in [-0.3, -0.25) is 10.1 Å². The van der Waals surface area contributed by atoms with Gasteiger partial charge in [0.25, 0.3) is 0 Å². The van der Waals surface area contributed by atoms with E-state index in [4.69, 9.17) is 11.6 Å². The highest BCUT2D eigenvalue weighted by atomic mass is 35.5. The Balaban J connectivity index is 1.89. The first-order valence-corrected chi connectivity index (χ1v) is 6.50. The maximum Gasteiger partial charge on any atom is 0.333 e. The highest BCUT2D eigenvalue weighted by Gasteiger charge is 2.32. The van der Waals surface area contributed by atoms with Crippen molar-refractivity contribution < 1.29 is 9.59 Å². The third kappa shape index (κ3) is 2.18. The van der Waals surface area contributed by atoms with Gasteiger partial charge < -0.3 is 0 Å². The number of nitrogens with one attached hydrogen (secondary N) is 1. The predicted octanol–water partition coefficient (Wildman–Crippen LogP) is 2.31. The van der Waals surface area contributed by atoms with Crippen molar-refractivity contribution >= 4 is 45.8 Å². The van der Waals surface area contributed by atoms with Gasteiger partial charge in [0.1, 0.15) is 5.00 Å². The third-order valence-electron chi connectivity index (χ3n) is 2.67. The van der Waals surface area contributed by atoms with Crippen molar-refractivity contribution in [1.29, 1.82) is 0 Å². The molecular weight excluding hydrogens is 288 g/mol. The van der Waals surface area contributed by atoms with E-state index in [2.05, 4.69) is 14.9 Å². The van der Waals surface area contributed by atoms with Gasteiger partial charge in [-0.05, 0) is 23.8 Å². The lowest BCUT2D eigenvalue weighted by molar-refractivity contribution is -0.116. The van der Waals surface area contributed by atoms with Crippen LogP contribution >= 0.6 is 23.1 Å². The van der Waals surface area contributed by atoms with Crippen molar-refractivity contribution in [2.24, 2.45) is 0 Å². The van der Waals surface area contributed by atoms with Gasteiger partial charge in [0.05, 0.1) is 18.3 Å². The average molecular weight is 295 g/mol. The van der Waals surface area contributed by atoms with E-state index in [1.807, 2.05) is 0 Å². The van der Waals surface area contributed by atoms with Gasteiger partial charge >= 0.3 is 6.03 Å². The monoisotopic (exact) mass is 294 g/mol. The minimum Gasteiger partial charge on any atom is -0.296 e. The molecule has 1 N–H and O–H groups in total. The zero-order valence-electron chi connectivity index (χ0n) is 9.46. The molecule has 0 spiro atoms. The summed E-state index contributed by atoms with van der Waals surface area (Å²) in [5.41, 5.74) is 1.31. The molecule has 8 heteroatoms. The van der Waals surface area contributed by atoms with Crippen molar-refractivity contribution in [3.05, 3.63) is 35.0 Å². The van der Waals surface area contributed by atoms with E-state index in [0.717, 1.165) is 22.0 Å². The molecule has 3 amide bonds. The van der Waals surface area contributed by atoms with E-state index in [1.54, 1.807) is 18.2 Å². The van der Waals surface area contributed by atoms with Crippen molar-refractivity contribution in [1.82, 2.24) is 9.59 Å². The largest absolute Gasteiger partial charge is 0.333 e. The van der Waals surface area contributed by atoms with Crippen LogP contribution in [0, 0.1) is 0 Å². The molecule has 0 bridgehead atoms. The molecule has 0 radical (unpaired) electrons. The lowest BCUT2D eigenvalue weighted by atomic mass is 10.2. The van der Waals surface area contributed by atoms with Gasteiger partial charge in [0.15, 0.2) is 0 Å². The number of amides is 3. The Morgan fingerprint density at radius 1 is 1.47 bits per heavy atom. The van der Waals surface area contributed by atoms with E-state index in [9.17, 15) is 9.59 Å². The quantitative estimate of drug-likeness (QED) is 0.876. The van der Waals surface area contributed by atoms with E-state index in [0.29, 0.717) is 15.7 Å². The number of hydrogen-bond acceptors (Lipinski definition) is 5. The maximum absolute atomic E-state index is 12.1. The van der Waals surface area contributed by atoms with Crippen molar-refractivity contribution in [2.75, 3.05) is 10.2 Å². The highest BCUT2D eigenvalue weighted by Crippen LogP contribution is 2.31. The molecule has 0 saturated heterocycles. The lowest BCUT2D eigenvalue weighted by Gasteiger charge is -2.15. The molecule has 1 aliphatic heterocycles. The number of carbonyl (C=O) groups excluding carboxylic acids is 2. The van der Waals surface area contributed by atoms with Crippen LogP contribution in [0.3, 0.4) is 0 Å². The third-order valence-corrected chi connectivity index (χ3v) is 3.48. The molecule has 0 fully saturated rings. The Morgan fingerprint density at radius 3 is 3.05 bits per heavy atom. The molecule has 0 unspecified atom stereocenters. The van der Waals surface area contributed by atoms with Gasteiger partial charge in [-0.2, -0.15) is 0 Å². The highest BCUT2D eigenvalue weighted by molar-refractivity contribution is 7.10. The Bertz CT molecular complexity index is 659. The second-order valence-electron chi connectivity index (χ2n) is 3.89. The Hall–Kier alpha value is -1.99. The molecule has 96 valence electrons. The SMILES string of the molecule is O=C1Cc2cc(Cl)ccc2N1C(=O)Nc1cnns1. The van der Waals surface area contributed by atoms with Crippen LogP contribution in [0.25, 0.3) is 0 Å². The van der Waals surface area contributed by atoms with Crippen LogP contribution in [0.5, 0.6) is 0 Å². The molecule has 0 saturated carbocycles. The molecular formula is C11H7ClN4O2S. The summed E-state index contributed by atoms with van der Waals surface area (Å²) in [6.45, 7) is 0. The molecule has 19 heavy (non-hydrogen) atoms. The van der Waals surface area contributed by atoms with E-state index in [-0.39, 0.29) is 12.3 Å². The lowest BCUT2D eigenvalue weighted by Crippen LogP contribution is -2.37. The normalized spacial score (nSPS) is 13.5. The van der Waals surface area contributed by atoms with Gasteiger partial charge in [0, 0.05) is 16.6 Å². The molecule has 2 aromatic rings. The van der Waals surface area contributed by atoms with Gasteiger partial charge in [0.2, 0.25) is 5.91 Å². The standard InChI is InChI=1S/C11H7ClN4O2S/c12-7-1-2-8-6(3-7)4-10(17)16(8)11(18)14-9-5-13-15-19-9/h1-3,5H,4H2,(H,14,18). The van der Waals surface area contributed by atoms with Crippen LogP contribution in [0.15, 0.2) is 24.4 Å². The molecule has 2 heterocycles. The number of urea groups is 1. The van der Waals surface area contributed by atoms with Crippen molar-refractivity contribution in [2.45, 2.75) is 6.42 Å². The Morgan fingerprint density at radius 2 is 2.32 bits per heavy atom. The number of imide groups is 1. The summed E-state index contributed by atoms with van der Waals surface area (Å²) >= 11 is 6.91. The fourth-order valence-electron chi connectivity index (χ4n) is 1.90. The second kappa shape index (κ2) is 4.60. The fraction of sp³-hybridized carbons (Fsp3) is 0.0909. The number of carbonyl (C=O) groups is 2. The summed E-state index contributed by atoms with van der Waals surface area (Å²) in [6, 6.07) is 4.48. The average Bonchev–Trinajstić information content (AvgIpc) is 2.95. The molecule has 0 aliphatic carbocycles. The number of hydrogen-bond donors (Lipinski definition) is 1. The van der Waals surface area contributed by atoms with E-state index in [1.165, 1.54) is 6.20 Å². The van der Waals surface area contributed by atoms with Crippen LogP contribution in [0.2, 0.25) is 5.02 Å². The van der Waals surface area contributed by atoms with Gasteiger partial charge in [-0.25, -0.2) is 9.69 Å². The van der Waals surface area contributed by atoms with Crippen LogP contribution in [0.1, 0.15) is 5.56 Å². The van der Waals surface area contributed by atoms with Crippen molar-refractivity contribution in [3.63, 3.8) is 0 Å². The number of aromatic nitrogens is 2. The van der Waals surface area contributed by atoms with E-state index < -0.39 is 6.03 Å². The summed E-state index contributed by atoms with van der Waals surface area (Å²) in [5.74, 6) is -0.285. The first kappa shape index (κ1) is 12.1. The topological polar surface area (TPSA) is 75.2 Å². The van der Waals surface area contributed by atoms with Crippen LogP contribution in [0.4, 0.5) is 15.5 Å². The minimum absolute atomic E-state index is 0.171. The number of benzene rings is 1. The molecule has 1 aromatic carbocycles. The summed E-state index contributed by atoms with van der Waals surface area (Å²) in [6.07, 6.45) is 1.59. The first-order chi connectivity index (χ1) is 9.15. The second-order valence-corrected chi connectivity index (χ2v) is 5.11.